The van der Waals surface area contributed by atoms with Crippen molar-refractivity contribution in [3.05, 3.63) is 35.4 Å². The normalized spacial score (nSPS) is 21.5. The summed E-state index contributed by atoms with van der Waals surface area (Å²) < 4.78 is 0. The molecule has 1 atom stereocenters. The number of benzene rings is 1. The van der Waals surface area contributed by atoms with Crippen molar-refractivity contribution < 1.29 is 4.79 Å². The second-order valence-corrected chi connectivity index (χ2v) is 9.13. The van der Waals surface area contributed by atoms with E-state index in [0.717, 1.165) is 64.8 Å². The van der Waals surface area contributed by atoms with E-state index >= 15 is 0 Å². The van der Waals surface area contributed by atoms with Crippen LogP contribution in [0.5, 0.6) is 0 Å². The van der Waals surface area contributed by atoms with Crippen LogP contribution in [-0.2, 0) is 11.3 Å². The third kappa shape index (κ3) is 5.58. The van der Waals surface area contributed by atoms with Crippen LogP contribution >= 0.6 is 0 Å². The Morgan fingerprint density at radius 2 is 1.69 bits per heavy atom. The molecule has 1 aliphatic heterocycles. The number of nitrogens with one attached hydrogen (secondary N) is 1. The molecule has 5 nitrogen and oxygen atoms in total. The quantitative estimate of drug-likeness (QED) is 0.797. The Kier molecular flexibility index (Phi) is 7.32. The largest absolute Gasteiger partial charge is 0.336 e. The van der Waals surface area contributed by atoms with Crippen molar-refractivity contribution in [1.29, 1.82) is 5.26 Å². The number of nitriles is 1. The SMILES string of the molecule is CC(C)c1ccc(CN2CCN(C(C)C(=O)NC3(C#N)CCCCC3)CC2)cc1. The molecule has 0 spiro atoms. The molecule has 1 aromatic rings. The number of piperazine rings is 1. The van der Waals surface area contributed by atoms with Crippen LogP contribution in [0, 0.1) is 11.3 Å². The molecule has 5 heteroatoms. The summed E-state index contributed by atoms with van der Waals surface area (Å²) in [6, 6.07) is 11.2. The van der Waals surface area contributed by atoms with Gasteiger partial charge in [-0.15, -0.1) is 0 Å². The van der Waals surface area contributed by atoms with Gasteiger partial charge in [0, 0.05) is 32.7 Å². The summed E-state index contributed by atoms with van der Waals surface area (Å²) in [6.07, 6.45) is 4.78. The van der Waals surface area contributed by atoms with Crippen LogP contribution in [0.2, 0.25) is 0 Å². The summed E-state index contributed by atoms with van der Waals surface area (Å²) in [6.45, 7) is 11.1. The van der Waals surface area contributed by atoms with Crippen molar-refractivity contribution in [3.8, 4) is 6.07 Å². The van der Waals surface area contributed by atoms with Gasteiger partial charge in [0.05, 0.1) is 12.1 Å². The Hall–Kier alpha value is -1.90. The van der Waals surface area contributed by atoms with Gasteiger partial charge < -0.3 is 5.32 Å². The highest BCUT2D eigenvalue weighted by molar-refractivity contribution is 5.82. The standard InChI is InChI=1S/C24H36N4O/c1-19(2)22-9-7-21(8-10-22)17-27-13-15-28(16-14-27)20(3)23(29)26-24(18-25)11-5-4-6-12-24/h7-10,19-20H,4-6,11-17H2,1-3H3,(H,26,29). The van der Waals surface area contributed by atoms with Crippen molar-refractivity contribution >= 4 is 5.91 Å². The fourth-order valence-corrected chi connectivity index (χ4v) is 4.50. The highest BCUT2D eigenvalue weighted by atomic mass is 16.2. The molecule has 1 unspecified atom stereocenters. The van der Waals surface area contributed by atoms with Crippen molar-refractivity contribution in [2.45, 2.75) is 76.9 Å². The molecule has 2 fully saturated rings. The van der Waals surface area contributed by atoms with Crippen molar-refractivity contribution in [2.24, 2.45) is 0 Å². The molecule has 1 saturated heterocycles. The lowest BCUT2D eigenvalue weighted by Gasteiger charge is -2.39. The molecule has 2 aliphatic rings. The van der Waals surface area contributed by atoms with Crippen LogP contribution in [0.1, 0.15) is 69.9 Å². The zero-order chi connectivity index (χ0) is 20.9. The third-order valence-corrected chi connectivity index (χ3v) is 6.67. The Bertz CT molecular complexity index is 707. The van der Waals surface area contributed by atoms with E-state index in [1.165, 1.54) is 11.1 Å². The first kappa shape index (κ1) is 21.8. The van der Waals surface area contributed by atoms with Crippen LogP contribution in [0.25, 0.3) is 0 Å². The van der Waals surface area contributed by atoms with Crippen molar-refractivity contribution in [3.63, 3.8) is 0 Å². The summed E-state index contributed by atoms with van der Waals surface area (Å²) in [7, 11) is 0. The number of nitrogens with zero attached hydrogens (tertiary/aromatic N) is 3. The molecule has 3 rings (SSSR count). The van der Waals surface area contributed by atoms with E-state index in [4.69, 9.17) is 0 Å². The van der Waals surface area contributed by atoms with Crippen LogP contribution in [0.3, 0.4) is 0 Å². The van der Waals surface area contributed by atoms with Crippen LogP contribution < -0.4 is 5.32 Å². The van der Waals surface area contributed by atoms with E-state index in [0.29, 0.717) is 5.92 Å². The lowest BCUT2D eigenvalue weighted by molar-refractivity contribution is -0.128. The molecule has 29 heavy (non-hydrogen) atoms. The van der Waals surface area contributed by atoms with Crippen molar-refractivity contribution in [2.75, 3.05) is 26.2 Å². The van der Waals surface area contributed by atoms with Gasteiger partial charge in [-0.2, -0.15) is 5.26 Å². The van der Waals surface area contributed by atoms with Gasteiger partial charge in [0.15, 0.2) is 0 Å². The van der Waals surface area contributed by atoms with Gasteiger partial charge >= 0.3 is 0 Å². The van der Waals surface area contributed by atoms with Gasteiger partial charge in [0.1, 0.15) is 5.54 Å². The topological polar surface area (TPSA) is 59.4 Å². The minimum Gasteiger partial charge on any atom is -0.336 e. The number of hydrogen-bond donors (Lipinski definition) is 1. The minimum atomic E-state index is -0.645. The van der Waals surface area contributed by atoms with Crippen LogP contribution in [-0.4, -0.2) is 53.5 Å². The summed E-state index contributed by atoms with van der Waals surface area (Å²) in [5.41, 5.74) is 2.08. The van der Waals surface area contributed by atoms with Gasteiger partial charge in [-0.05, 0) is 36.8 Å². The van der Waals surface area contributed by atoms with E-state index in [-0.39, 0.29) is 11.9 Å². The molecular formula is C24H36N4O. The number of amides is 1. The average molecular weight is 397 g/mol. The Morgan fingerprint density at radius 3 is 2.24 bits per heavy atom. The fraction of sp³-hybridized carbons (Fsp3) is 0.667. The lowest BCUT2D eigenvalue weighted by atomic mass is 9.82. The zero-order valence-electron chi connectivity index (χ0n) is 18.3. The van der Waals surface area contributed by atoms with Crippen LogP contribution in [0.4, 0.5) is 0 Å². The second kappa shape index (κ2) is 9.73. The van der Waals surface area contributed by atoms with Gasteiger partial charge in [-0.25, -0.2) is 0 Å². The summed E-state index contributed by atoms with van der Waals surface area (Å²) in [4.78, 5) is 17.5. The van der Waals surface area contributed by atoms with E-state index in [2.05, 4.69) is 59.3 Å². The average Bonchev–Trinajstić information content (AvgIpc) is 2.75. The molecule has 1 saturated carbocycles. The van der Waals surface area contributed by atoms with E-state index < -0.39 is 5.54 Å². The molecule has 1 aliphatic carbocycles. The number of rotatable bonds is 6. The van der Waals surface area contributed by atoms with Crippen LogP contribution in [0.15, 0.2) is 24.3 Å². The predicted octanol–water partition coefficient (Wildman–Crippen LogP) is 3.66. The fourth-order valence-electron chi connectivity index (χ4n) is 4.50. The molecule has 1 N–H and O–H groups in total. The molecular weight excluding hydrogens is 360 g/mol. The second-order valence-electron chi connectivity index (χ2n) is 9.13. The molecule has 0 radical (unpaired) electrons. The first-order valence-electron chi connectivity index (χ1n) is 11.2. The highest BCUT2D eigenvalue weighted by Crippen LogP contribution is 2.28. The van der Waals surface area contributed by atoms with Gasteiger partial charge in [-0.3, -0.25) is 14.6 Å². The van der Waals surface area contributed by atoms with E-state index in [9.17, 15) is 10.1 Å². The zero-order valence-corrected chi connectivity index (χ0v) is 18.3. The third-order valence-electron chi connectivity index (χ3n) is 6.67. The molecule has 0 bridgehead atoms. The van der Waals surface area contributed by atoms with E-state index in [1.54, 1.807) is 0 Å². The van der Waals surface area contributed by atoms with Gasteiger partial charge in [0.25, 0.3) is 0 Å². The Morgan fingerprint density at radius 1 is 1.07 bits per heavy atom. The molecule has 1 heterocycles. The highest BCUT2D eigenvalue weighted by Gasteiger charge is 2.36. The van der Waals surface area contributed by atoms with E-state index in [1.807, 2.05) is 6.92 Å². The minimum absolute atomic E-state index is 0.00572. The molecule has 1 aromatic carbocycles. The maximum absolute atomic E-state index is 12.8. The first-order valence-corrected chi connectivity index (χ1v) is 11.2. The predicted molar refractivity (Wildman–Crippen MR) is 116 cm³/mol. The monoisotopic (exact) mass is 396 g/mol. The summed E-state index contributed by atoms with van der Waals surface area (Å²) >= 11 is 0. The van der Waals surface area contributed by atoms with Gasteiger partial charge in [0.2, 0.25) is 5.91 Å². The number of carbonyl (C=O) groups is 1. The number of hydrogen-bond acceptors (Lipinski definition) is 4. The first-order chi connectivity index (χ1) is 13.9. The lowest BCUT2D eigenvalue weighted by Crippen LogP contribution is -2.58. The van der Waals surface area contributed by atoms with Crippen molar-refractivity contribution in [1.82, 2.24) is 15.1 Å². The smallest absolute Gasteiger partial charge is 0.238 e. The Labute approximate surface area is 176 Å². The molecule has 0 aromatic heterocycles. The maximum atomic E-state index is 12.8. The van der Waals surface area contributed by atoms with Gasteiger partial charge in [-0.1, -0.05) is 57.4 Å². The molecule has 158 valence electrons. The number of carbonyl (C=O) groups excluding carboxylic acids is 1. The molecule has 1 amide bonds. The maximum Gasteiger partial charge on any atom is 0.238 e. The summed E-state index contributed by atoms with van der Waals surface area (Å²) in [5.74, 6) is 0.570. The Balaban J connectivity index is 1.48. The summed E-state index contributed by atoms with van der Waals surface area (Å²) in [5, 5.41) is 12.7.